The van der Waals surface area contributed by atoms with E-state index in [0.29, 0.717) is 34.0 Å². The first kappa shape index (κ1) is 18.4. The molecular weight excluding hydrogens is 368 g/mol. The number of anilines is 1. The van der Waals surface area contributed by atoms with Crippen molar-refractivity contribution in [2.24, 2.45) is 0 Å². The molecule has 3 rings (SSSR count). The lowest BCUT2D eigenvalue weighted by Gasteiger charge is -2.15. The van der Waals surface area contributed by atoms with Crippen LogP contribution in [0.5, 0.6) is 5.75 Å². The highest BCUT2D eigenvalue weighted by Gasteiger charge is 2.28. The van der Waals surface area contributed by atoms with Gasteiger partial charge in [-0.15, -0.1) is 0 Å². The van der Waals surface area contributed by atoms with Crippen LogP contribution in [0.4, 0.5) is 5.69 Å². The molecule has 1 saturated heterocycles. The van der Waals surface area contributed by atoms with Gasteiger partial charge in [0.1, 0.15) is 17.3 Å². The van der Waals surface area contributed by atoms with E-state index in [1.165, 1.54) is 0 Å². The highest BCUT2D eigenvalue weighted by molar-refractivity contribution is 7.82. The Labute approximate surface area is 163 Å². The molecule has 0 aliphatic carbocycles. The van der Waals surface area contributed by atoms with Crippen molar-refractivity contribution < 1.29 is 13.9 Å². The van der Waals surface area contributed by atoms with E-state index >= 15 is 0 Å². The minimum atomic E-state index is 0.372. The van der Waals surface area contributed by atoms with Gasteiger partial charge < -0.3 is 18.8 Å². The van der Waals surface area contributed by atoms with Crippen LogP contribution in [0.2, 0.25) is 0 Å². The van der Waals surface area contributed by atoms with Gasteiger partial charge in [0.05, 0.1) is 12.7 Å². The van der Waals surface area contributed by atoms with Gasteiger partial charge in [-0.3, -0.25) is 4.90 Å². The number of nitrogens with zero attached hydrogens (tertiary/aromatic N) is 2. The zero-order valence-electron chi connectivity index (χ0n) is 15.1. The fraction of sp³-hybridized carbons (Fsp3) is 0.263. The quantitative estimate of drug-likeness (QED) is 0.558. The lowest BCUT2D eigenvalue weighted by molar-refractivity contribution is 0.414. The Bertz CT molecular complexity index is 887. The molecule has 0 atom stereocenters. The van der Waals surface area contributed by atoms with Crippen molar-refractivity contribution in [3.05, 3.63) is 41.9 Å². The van der Waals surface area contributed by atoms with Gasteiger partial charge >= 0.3 is 0 Å². The molecule has 5 nitrogen and oxygen atoms in total. The summed E-state index contributed by atoms with van der Waals surface area (Å²) in [5.41, 5.74) is 1.93. The molecule has 1 aliphatic rings. The second-order valence-corrected chi connectivity index (χ2v) is 6.64. The molecule has 7 heteroatoms. The summed E-state index contributed by atoms with van der Waals surface area (Å²) in [4.78, 5) is 4.36. The van der Waals surface area contributed by atoms with Gasteiger partial charge in [-0.25, -0.2) is 0 Å². The number of benzene rings is 1. The van der Waals surface area contributed by atoms with Gasteiger partial charge in [0.25, 0.3) is 5.17 Å². The highest BCUT2D eigenvalue weighted by atomic mass is 32.1. The summed E-state index contributed by atoms with van der Waals surface area (Å²) in [6.45, 7) is 2.65. The van der Waals surface area contributed by atoms with Gasteiger partial charge in [-0.2, -0.15) is 0 Å². The Morgan fingerprint density at radius 1 is 1.19 bits per heavy atom. The topological polar surface area (TPSA) is 38.1 Å². The molecule has 2 aromatic rings. The van der Waals surface area contributed by atoms with E-state index in [1.807, 2.05) is 56.3 Å². The molecule has 2 heterocycles. The minimum absolute atomic E-state index is 0.372. The minimum Gasteiger partial charge on any atom is -0.496 e. The predicted octanol–water partition coefficient (Wildman–Crippen LogP) is 4.33. The van der Waals surface area contributed by atoms with E-state index < -0.39 is 0 Å². The van der Waals surface area contributed by atoms with Crippen molar-refractivity contribution in [1.29, 1.82) is 0 Å². The van der Waals surface area contributed by atoms with E-state index in [1.54, 1.807) is 18.1 Å². The molecular formula is C19H20N2O3S2. The Kier molecular flexibility index (Phi) is 5.29. The van der Waals surface area contributed by atoms with Crippen LogP contribution in [-0.4, -0.2) is 42.8 Å². The maximum absolute atomic E-state index is 5.96. The lowest BCUT2D eigenvalue weighted by atomic mass is 10.1. The van der Waals surface area contributed by atoms with Crippen LogP contribution in [-0.2, 0) is 4.74 Å². The van der Waals surface area contributed by atoms with Crippen LogP contribution >= 0.6 is 24.4 Å². The average Bonchev–Trinajstić information content (AvgIpc) is 3.19. The van der Waals surface area contributed by atoms with E-state index in [0.717, 1.165) is 17.0 Å². The second kappa shape index (κ2) is 7.47. The van der Waals surface area contributed by atoms with Crippen LogP contribution in [0, 0.1) is 0 Å². The molecule has 0 N–H and O–H groups in total. The predicted molar refractivity (Wildman–Crippen MR) is 112 cm³/mol. The summed E-state index contributed by atoms with van der Waals surface area (Å²) in [6, 6.07) is 9.74. The van der Waals surface area contributed by atoms with Crippen LogP contribution < -0.4 is 9.64 Å². The summed E-state index contributed by atoms with van der Waals surface area (Å²) in [5, 5.41) is 0.372. The Hall–Kier alpha value is -2.38. The largest absolute Gasteiger partial charge is 0.496 e. The van der Waals surface area contributed by atoms with Crippen LogP contribution in [0.25, 0.3) is 17.4 Å². The molecule has 1 aromatic heterocycles. The number of hydrogen-bond acceptors (Lipinski definition) is 6. The van der Waals surface area contributed by atoms with Crippen molar-refractivity contribution in [2.75, 3.05) is 32.6 Å². The van der Waals surface area contributed by atoms with Crippen molar-refractivity contribution in [1.82, 2.24) is 4.90 Å². The second-order valence-electron chi connectivity index (χ2n) is 5.91. The molecule has 136 valence electrons. The third-order valence-electron chi connectivity index (χ3n) is 4.06. The summed E-state index contributed by atoms with van der Waals surface area (Å²) < 4.78 is 17.0. The molecule has 0 spiro atoms. The molecule has 26 heavy (non-hydrogen) atoms. The lowest BCUT2D eigenvalue weighted by Crippen LogP contribution is -2.26. The Morgan fingerprint density at radius 2 is 1.96 bits per heavy atom. The number of hydrogen-bond donors (Lipinski definition) is 0. The fourth-order valence-corrected chi connectivity index (χ4v) is 3.32. The van der Waals surface area contributed by atoms with Crippen molar-refractivity contribution in [3.63, 3.8) is 0 Å². The normalized spacial score (nSPS) is 15.5. The van der Waals surface area contributed by atoms with Crippen LogP contribution in [0.3, 0.4) is 0 Å². The first-order valence-electron chi connectivity index (χ1n) is 8.15. The van der Waals surface area contributed by atoms with Crippen LogP contribution in [0.15, 0.2) is 40.5 Å². The zero-order chi connectivity index (χ0) is 18.8. The van der Waals surface area contributed by atoms with E-state index in [-0.39, 0.29) is 0 Å². The molecule has 0 bridgehead atoms. The number of rotatable bonds is 5. The monoisotopic (exact) mass is 388 g/mol. The maximum Gasteiger partial charge on any atom is 0.270 e. The molecule has 0 saturated carbocycles. The zero-order valence-corrected chi connectivity index (χ0v) is 16.7. The van der Waals surface area contributed by atoms with Crippen molar-refractivity contribution in [3.8, 4) is 17.1 Å². The number of likely N-dealkylation sites (N-methyl/N-ethyl adjacent to an activating group) is 1. The SMILES string of the molecule is CCN1C(=S)OC(=Cc2ccc(-c3ccc(N(C)C)cc3OC)o2)C1=S. The molecule has 0 amide bonds. The molecule has 1 aromatic carbocycles. The average molecular weight is 389 g/mol. The van der Waals surface area contributed by atoms with Gasteiger partial charge in [-0.05, 0) is 43.4 Å². The first-order valence-corrected chi connectivity index (χ1v) is 8.97. The van der Waals surface area contributed by atoms with Crippen molar-refractivity contribution >= 4 is 46.4 Å². The Morgan fingerprint density at radius 3 is 2.58 bits per heavy atom. The number of furan rings is 1. The maximum atomic E-state index is 5.96. The number of methoxy groups -OCH3 is 1. The smallest absolute Gasteiger partial charge is 0.270 e. The summed E-state index contributed by atoms with van der Waals surface area (Å²) in [6.07, 6.45) is 1.76. The van der Waals surface area contributed by atoms with Gasteiger partial charge in [0.15, 0.2) is 10.7 Å². The van der Waals surface area contributed by atoms with Crippen molar-refractivity contribution in [2.45, 2.75) is 6.92 Å². The van der Waals surface area contributed by atoms with Gasteiger partial charge in [0.2, 0.25) is 0 Å². The number of ether oxygens (including phenoxy) is 2. The van der Waals surface area contributed by atoms with E-state index in [9.17, 15) is 0 Å². The molecule has 0 radical (unpaired) electrons. The van der Waals surface area contributed by atoms with E-state index in [2.05, 4.69) is 0 Å². The fourth-order valence-electron chi connectivity index (χ4n) is 2.64. The first-order chi connectivity index (χ1) is 12.4. The third kappa shape index (κ3) is 3.45. The van der Waals surface area contributed by atoms with Gasteiger partial charge in [0, 0.05) is 38.5 Å². The van der Waals surface area contributed by atoms with Gasteiger partial charge in [-0.1, -0.05) is 12.2 Å². The number of thiocarbonyl (C=S) groups is 2. The Balaban J connectivity index is 1.90. The van der Waals surface area contributed by atoms with E-state index in [4.69, 9.17) is 38.3 Å². The third-order valence-corrected chi connectivity index (χ3v) is 4.78. The summed E-state index contributed by atoms with van der Waals surface area (Å²) in [7, 11) is 5.62. The summed E-state index contributed by atoms with van der Waals surface area (Å²) >= 11 is 10.6. The molecule has 1 fully saturated rings. The molecule has 0 unspecified atom stereocenters. The standard InChI is InChI=1S/C19H20N2O3S2/c1-5-21-18(25)17(24-19(21)26)11-13-7-9-15(23-13)14-8-6-12(20(2)3)10-16(14)22-4/h6-11H,5H2,1-4H3. The molecule has 1 aliphatic heterocycles. The highest BCUT2D eigenvalue weighted by Crippen LogP contribution is 2.35. The van der Waals surface area contributed by atoms with Crippen LogP contribution in [0.1, 0.15) is 12.7 Å². The summed E-state index contributed by atoms with van der Waals surface area (Å²) in [5.74, 6) is 2.62.